The number of likely N-dealkylation sites (tertiary alicyclic amines) is 1. The van der Waals surface area contributed by atoms with E-state index in [4.69, 9.17) is 0 Å². The molecule has 3 N–H and O–H groups in total. The number of imide groups is 1. The molecule has 0 atom stereocenters. The number of piperidine rings is 1. The number of carbonyl (C=O) groups excluding carboxylic acids is 3. The molecular weight excluding hydrogens is 392 g/mol. The summed E-state index contributed by atoms with van der Waals surface area (Å²) in [5, 5.41) is 8.10. The minimum absolute atomic E-state index is 0.0457. The Balaban J connectivity index is 1.38. The zero-order valence-electron chi connectivity index (χ0n) is 18.1. The van der Waals surface area contributed by atoms with Gasteiger partial charge in [0.25, 0.3) is 0 Å². The smallest absolute Gasteiger partial charge is 0.325 e. The van der Waals surface area contributed by atoms with Gasteiger partial charge in [-0.2, -0.15) is 0 Å². The van der Waals surface area contributed by atoms with E-state index in [9.17, 15) is 14.4 Å². The van der Waals surface area contributed by atoms with Crippen LogP contribution in [0.5, 0.6) is 0 Å². The molecule has 7 heteroatoms. The van der Waals surface area contributed by atoms with Crippen molar-refractivity contribution in [2.24, 2.45) is 5.92 Å². The zero-order chi connectivity index (χ0) is 22.2. The first-order valence-electron chi connectivity index (χ1n) is 10.6. The van der Waals surface area contributed by atoms with Crippen molar-refractivity contribution in [3.8, 4) is 0 Å². The number of benzene rings is 2. The number of anilines is 1. The van der Waals surface area contributed by atoms with Crippen LogP contribution in [0.3, 0.4) is 0 Å². The van der Waals surface area contributed by atoms with E-state index in [0.29, 0.717) is 38.2 Å². The number of rotatable bonds is 6. The molecule has 31 heavy (non-hydrogen) atoms. The molecule has 1 fully saturated rings. The summed E-state index contributed by atoms with van der Waals surface area (Å²) >= 11 is 0. The number of carbonyl (C=O) groups is 3. The van der Waals surface area contributed by atoms with E-state index in [-0.39, 0.29) is 24.3 Å². The van der Waals surface area contributed by atoms with Gasteiger partial charge in [-0.25, -0.2) is 4.79 Å². The first kappa shape index (κ1) is 22.5. The summed E-state index contributed by atoms with van der Waals surface area (Å²) < 4.78 is 0. The van der Waals surface area contributed by atoms with Gasteiger partial charge in [0.1, 0.15) is 0 Å². The Morgan fingerprint density at radius 3 is 2.39 bits per heavy atom. The fraction of sp³-hybridized carbons (Fsp3) is 0.375. The van der Waals surface area contributed by atoms with Crippen molar-refractivity contribution in [2.75, 3.05) is 25.0 Å². The maximum absolute atomic E-state index is 12.4. The molecule has 2 aromatic carbocycles. The van der Waals surface area contributed by atoms with E-state index in [1.807, 2.05) is 61.2 Å². The Hall–Kier alpha value is -3.19. The Morgan fingerprint density at radius 2 is 1.68 bits per heavy atom. The number of aryl methyl sites for hydroxylation is 1. The van der Waals surface area contributed by atoms with Gasteiger partial charge in [0, 0.05) is 18.2 Å². The molecule has 3 rings (SSSR count). The first-order chi connectivity index (χ1) is 14.9. The molecule has 164 valence electrons. The normalized spacial score (nSPS) is 14.6. The molecule has 0 radical (unpaired) electrons. The topological polar surface area (TPSA) is 90.5 Å². The van der Waals surface area contributed by atoms with E-state index >= 15 is 0 Å². The highest BCUT2D eigenvalue weighted by atomic mass is 16.2. The molecule has 1 aliphatic heterocycles. The first-order valence-corrected chi connectivity index (χ1v) is 10.6. The fourth-order valence-corrected chi connectivity index (χ4v) is 3.69. The van der Waals surface area contributed by atoms with Crippen LogP contribution in [0.1, 0.15) is 29.5 Å². The monoisotopic (exact) mass is 422 g/mol. The summed E-state index contributed by atoms with van der Waals surface area (Å²) in [7, 11) is 0. The van der Waals surface area contributed by atoms with E-state index in [2.05, 4.69) is 16.0 Å². The zero-order valence-corrected chi connectivity index (χ0v) is 18.1. The molecule has 0 aromatic heterocycles. The van der Waals surface area contributed by atoms with Gasteiger partial charge in [-0.3, -0.25) is 19.8 Å². The maximum Gasteiger partial charge on any atom is 0.325 e. The second-order valence-corrected chi connectivity index (χ2v) is 8.00. The summed E-state index contributed by atoms with van der Waals surface area (Å²) in [4.78, 5) is 38.8. The van der Waals surface area contributed by atoms with Crippen LogP contribution in [0.25, 0.3) is 0 Å². The number of amides is 4. The highest BCUT2D eigenvalue weighted by molar-refractivity contribution is 6.02. The average molecular weight is 423 g/mol. The summed E-state index contributed by atoms with van der Waals surface area (Å²) in [5.41, 5.74) is 3.80. The van der Waals surface area contributed by atoms with Crippen molar-refractivity contribution in [1.29, 1.82) is 0 Å². The summed E-state index contributed by atoms with van der Waals surface area (Å²) in [5.74, 6) is -0.341. The number of nitrogens with zero attached hydrogens (tertiary/aromatic N) is 1. The van der Waals surface area contributed by atoms with Crippen molar-refractivity contribution >= 4 is 23.5 Å². The molecule has 0 unspecified atom stereocenters. The third-order valence-corrected chi connectivity index (χ3v) is 5.74. The lowest BCUT2D eigenvalue weighted by Crippen LogP contribution is -2.46. The van der Waals surface area contributed by atoms with Crippen LogP contribution in [0.15, 0.2) is 48.5 Å². The molecule has 0 bridgehead atoms. The Labute approximate surface area is 183 Å². The van der Waals surface area contributed by atoms with E-state index in [0.717, 1.165) is 16.7 Å². The predicted molar refractivity (Wildman–Crippen MR) is 121 cm³/mol. The molecular formula is C24H30N4O3. The van der Waals surface area contributed by atoms with Crippen LogP contribution in [-0.4, -0.2) is 42.4 Å². The van der Waals surface area contributed by atoms with Gasteiger partial charge in [0.2, 0.25) is 11.8 Å². The quantitative estimate of drug-likeness (QED) is 0.668. The second-order valence-electron chi connectivity index (χ2n) is 8.00. The minimum Gasteiger partial charge on any atom is -0.352 e. The highest BCUT2D eigenvalue weighted by Crippen LogP contribution is 2.18. The molecule has 1 saturated heterocycles. The van der Waals surface area contributed by atoms with E-state index in [1.54, 1.807) is 6.07 Å². The SMILES string of the molecule is Cc1cccc(NC(=O)NC(=O)CN2CCC(C(=O)NCc3ccccc3)CC2)c1C. The Bertz CT molecular complexity index is 922. The molecule has 2 aromatic rings. The molecule has 0 aliphatic carbocycles. The number of nitrogens with one attached hydrogen (secondary N) is 3. The summed E-state index contributed by atoms with van der Waals surface area (Å²) in [6.45, 7) is 5.85. The molecule has 0 spiro atoms. The van der Waals surface area contributed by atoms with Crippen LogP contribution in [0.4, 0.5) is 10.5 Å². The second kappa shape index (κ2) is 10.7. The minimum atomic E-state index is -0.533. The third kappa shape index (κ3) is 6.65. The Kier molecular flexibility index (Phi) is 7.78. The van der Waals surface area contributed by atoms with Gasteiger partial charge in [0.15, 0.2) is 0 Å². The van der Waals surface area contributed by atoms with E-state index < -0.39 is 6.03 Å². The number of urea groups is 1. The third-order valence-electron chi connectivity index (χ3n) is 5.74. The van der Waals surface area contributed by atoms with Crippen molar-refractivity contribution in [2.45, 2.75) is 33.2 Å². The lowest BCUT2D eigenvalue weighted by atomic mass is 9.96. The standard InChI is InChI=1S/C24H30N4O3/c1-17-7-6-10-21(18(17)2)26-24(31)27-22(29)16-28-13-11-20(12-14-28)23(30)25-15-19-8-4-3-5-9-19/h3-10,20H,11-16H2,1-2H3,(H,25,30)(H2,26,27,29,31). The largest absolute Gasteiger partial charge is 0.352 e. The lowest BCUT2D eigenvalue weighted by Gasteiger charge is -2.30. The van der Waals surface area contributed by atoms with Gasteiger partial charge in [0.05, 0.1) is 6.54 Å². The maximum atomic E-state index is 12.4. The number of hydrogen-bond donors (Lipinski definition) is 3. The predicted octanol–water partition coefficient (Wildman–Crippen LogP) is 2.98. The molecule has 1 heterocycles. The fourth-order valence-electron chi connectivity index (χ4n) is 3.69. The van der Waals surface area contributed by atoms with Gasteiger partial charge in [-0.1, -0.05) is 42.5 Å². The van der Waals surface area contributed by atoms with E-state index in [1.165, 1.54) is 0 Å². The van der Waals surface area contributed by atoms with Crippen LogP contribution in [0.2, 0.25) is 0 Å². The van der Waals surface area contributed by atoms with Crippen molar-refractivity contribution in [1.82, 2.24) is 15.5 Å². The van der Waals surface area contributed by atoms with Crippen molar-refractivity contribution < 1.29 is 14.4 Å². The lowest BCUT2D eigenvalue weighted by molar-refractivity contribution is -0.126. The molecule has 4 amide bonds. The average Bonchev–Trinajstić information content (AvgIpc) is 2.76. The van der Waals surface area contributed by atoms with Crippen LogP contribution in [-0.2, 0) is 16.1 Å². The molecule has 1 aliphatic rings. The van der Waals surface area contributed by atoms with Gasteiger partial charge in [-0.15, -0.1) is 0 Å². The summed E-state index contributed by atoms with van der Waals surface area (Å²) in [6, 6.07) is 14.9. The summed E-state index contributed by atoms with van der Waals surface area (Å²) in [6.07, 6.45) is 1.39. The number of hydrogen-bond acceptors (Lipinski definition) is 4. The van der Waals surface area contributed by atoms with Gasteiger partial charge >= 0.3 is 6.03 Å². The van der Waals surface area contributed by atoms with Crippen LogP contribution in [0, 0.1) is 19.8 Å². The molecule has 0 saturated carbocycles. The van der Waals surface area contributed by atoms with Crippen LogP contribution < -0.4 is 16.0 Å². The van der Waals surface area contributed by atoms with Gasteiger partial charge in [-0.05, 0) is 62.5 Å². The van der Waals surface area contributed by atoms with Crippen molar-refractivity contribution in [3.05, 3.63) is 65.2 Å². The Morgan fingerprint density at radius 1 is 0.968 bits per heavy atom. The highest BCUT2D eigenvalue weighted by Gasteiger charge is 2.26. The van der Waals surface area contributed by atoms with Gasteiger partial charge < -0.3 is 10.6 Å². The van der Waals surface area contributed by atoms with Crippen LogP contribution >= 0.6 is 0 Å². The van der Waals surface area contributed by atoms with Crippen molar-refractivity contribution in [3.63, 3.8) is 0 Å². The molecule has 7 nitrogen and oxygen atoms in total.